The van der Waals surface area contributed by atoms with Crippen LogP contribution in [-0.2, 0) is 18.0 Å². The molecule has 7 heteroatoms. The summed E-state index contributed by atoms with van der Waals surface area (Å²) in [5.41, 5.74) is 2.82. The van der Waals surface area contributed by atoms with E-state index in [-0.39, 0.29) is 6.61 Å². The van der Waals surface area contributed by atoms with E-state index < -0.39 is 11.6 Å². The number of ether oxygens (including phenoxy) is 2. The van der Waals surface area contributed by atoms with Gasteiger partial charge in [-0.05, 0) is 49.2 Å². The van der Waals surface area contributed by atoms with E-state index >= 15 is 0 Å². The number of rotatable bonds is 6. The Balaban J connectivity index is 1.37. The van der Waals surface area contributed by atoms with Gasteiger partial charge in [0.2, 0.25) is 0 Å². The monoisotopic (exact) mass is 405 g/mol. The predicted molar refractivity (Wildman–Crippen MR) is 108 cm³/mol. The van der Waals surface area contributed by atoms with Crippen LogP contribution in [0, 0.1) is 13.8 Å². The number of aromatic nitrogens is 1. The van der Waals surface area contributed by atoms with Crippen LogP contribution in [0.4, 0.5) is 0 Å². The summed E-state index contributed by atoms with van der Waals surface area (Å²) in [7, 11) is 0. The fourth-order valence-corrected chi connectivity index (χ4v) is 3.01. The van der Waals surface area contributed by atoms with Gasteiger partial charge in [0.25, 0.3) is 0 Å². The van der Waals surface area contributed by atoms with Crippen LogP contribution in [-0.4, -0.2) is 11.1 Å². The van der Waals surface area contributed by atoms with Crippen molar-refractivity contribution in [2.75, 3.05) is 0 Å². The fourth-order valence-electron chi connectivity index (χ4n) is 3.01. The van der Waals surface area contributed by atoms with Crippen LogP contribution in [0.15, 0.2) is 68.3 Å². The normalized spacial score (nSPS) is 10.9. The van der Waals surface area contributed by atoms with E-state index in [0.717, 1.165) is 16.5 Å². The molecule has 0 unspecified atom stereocenters. The van der Waals surface area contributed by atoms with Crippen LogP contribution in [0.2, 0.25) is 0 Å². The van der Waals surface area contributed by atoms with Crippen molar-refractivity contribution in [3.8, 4) is 5.75 Å². The number of hydrogen-bond acceptors (Lipinski definition) is 7. The van der Waals surface area contributed by atoms with Gasteiger partial charge in [0.15, 0.2) is 0 Å². The first-order chi connectivity index (χ1) is 14.5. The van der Waals surface area contributed by atoms with Crippen LogP contribution in [0.1, 0.15) is 32.9 Å². The van der Waals surface area contributed by atoms with Crippen LogP contribution >= 0.6 is 0 Å². The first-order valence-electron chi connectivity index (χ1n) is 9.33. The minimum absolute atomic E-state index is 0.0542. The molecule has 0 saturated heterocycles. The maximum atomic E-state index is 12.1. The zero-order valence-corrected chi connectivity index (χ0v) is 16.5. The summed E-state index contributed by atoms with van der Waals surface area (Å²) in [4.78, 5) is 23.7. The van der Waals surface area contributed by atoms with Crippen molar-refractivity contribution in [1.29, 1.82) is 0 Å². The molecule has 0 aliphatic heterocycles. The lowest BCUT2D eigenvalue weighted by Gasteiger charge is -2.08. The van der Waals surface area contributed by atoms with Gasteiger partial charge in [0.05, 0.1) is 5.56 Å². The Morgan fingerprint density at radius 1 is 1.00 bits per heavy atom. The third-order valence-electron chi connectivity index (χ3n) is 4.55. The van der Waals surface area contributed by atoms with Crippen molar-refractivity contribution in [2.45, 2.75) is 27.1 Å². The number of benzene rings is 2. The Morgan fingerprint density at radius 2 is 1.80 bits per heavy atom. The summed E-state index contributed by atoms with van der Waals surface area (Å²) in [6.07, 6.45) is 0. The zero-order valence-electron chi connectivity index (χ0n) is 16.5. The summed E-state index contributed by atoms with van der Waals surface area (Å²) >= 11 is 0. The van der Waals surface area contributed by atoms with E-state index in [0.29, 0.717) is 35.0 Å². The molecule has 7 nitrogen and oxygen atoms in total. The predicted octanol–water partition coefficient (Wildman–Crippen LogP) is 4.33. The van der Waals surface area contributed by atoms with E-state index in [9.17, 15) is 9.59 Å². The first-order valence-corrected chi connectivity index (χ1v) is 9.33. The Bertz CT molecular complexity index is 1250. The van der Waals surface area contributed by atoms with Crippen molar-refractivity contribution in [1.82, 2.24) is 5.16 Å². The molecule has 4 rings (SSSR count). The van der Waals surface area contributed by atoms with E-state index in [2.05, 4.69) is 5.16 Å². The lowest BCUT2D eigenvalue weighted by molar-refractivity contribution is 0.0464. The summed E-state index contributed by atoms with van der Waals surface area (Å²) < 4.78 is 21.2. The average Bonchev–Trinajstić information content (AvgIpc) is 3.15. The fraction of sp³-hybridized carbons (Fsp3) is 0.174. The van der Waals surface area contributed by atoms with Crippen LogP contribution in [0.25, 0.3) is 11.0 Å². The standard InChI is InChI=1S/C23H19NO6/c1-14-9-22(25)29-21-11-19(7-8-20(14)21)27-12-16-3-5-17(6-4-16)23(26)28-13-18-10-15(2)30-24-18/h3-11H,12-13H2,1-2H3. The molecular weight excluding hydrogens is 386 g/mol. The van der Waals surface area contributed by atoms with Crippen LogP contribution in [0.3, 0.4) is 0 Å². The molecule has 0 N–H and O–H groups in total. The Hall–Kier alpha value is -3.87. The molecule has 0 fully saturated rings. The molecule has 0 radical (unpaired) electrons. The second-order valence-electron chi connectivity index (χ2n) is 6.90. The number of nitrogens with zero attached hydrogens (tertiary/aromatic N) is 1. The number of aryl methyl sites for hydroxylation is 2. The molecule has 0 amide bonds. The molecule has 30 heavy (non-hydrogen) atoms. The number of esters is 1. The maximum Gasteiger partial charge on any atom is 0.338 e. The van der Waals surface area contributed by atoms with Gasteiger partial charge in [0.1, 0.15) is 36.0 Å². The molecule has 0 spiro atoms. The largest absolute Gasteiger partial charge is 0.489 e. The van der Waals surface area contributed by atoms with Gasteiger partial charge in [-0.15, -0.1) is 0 Å². The number of hydrogen-bond donors (Lipinski definition) is 0. The maximum absolute atomic E-state index is 12.1. The highest BCUT2D eigenvalue weighted by Gasteiger charge is 2.10. The summed E-state index contributed by atoms with van der Waals surface area (Å²) in [6.45, 7) is 3.99. The van der Waals surface area contributed by atoms with Crippen LogP contribution in [0.5, 0.6) is 5.75 Å². The zero-order chi connectivity index (χ0) is 21.1. The SMILES string of the molecule is Cc1cc(COC(=O)c2ccc(COc3ccc4c(C)cc(=O)oc4c3)cc2)no1. The highest BCUT2D eigenvalue weighted by atomic mass is 16.5. The summed E-state index contributed by atoms with van der Waals surface area (Å²) in [5.74, 6) is 0.805. The van der Waals surface area contributed by atoms with Gasteiger partial charge >= 0.3 is 11.6 Å². The van der Waals surface area contributed by atoms with Gasteiger partial charge in [-0.2, -0.15) is 0 Å². The van der Waals surface area contributed by atoms with Crippen molar-refractivity contribution >= 4 is 16.9 Å². The Morgan fingerprint density at radius 3 is 2.53 bits per heavy atom. The van der Waals surface area contributed by atoms with E-state index in [4.69, 9.17) is 18.4 Å². The van der Waals surface area contributed by atoms with Gasteiger partial charge in [-0.3, -0.25) is 0 Å². The summed E-state index contributed by atoms with van der Waals surface area (Å²) in [6, 6.07) is 15.5. The van der Waals surface area contributed by atoms with E-state index in [1.807, 2.05) is 19.1 Å². The van der Waals surface area contributed by atoms with Gasteiger partial charge in [-0.1, -0.05) is 17.3 Å². The smallest absolute Gasteiger partial charge is 0.338 e. The molecule has 2 aromatic carbocycles. The van der Waals surface area contributed by atoms with Gasteiger partial charge < -0.3 is 18.4 Å². The molecule has 152 valence electrons. The van der Waals surface area contributed by atoms with Crippen molar-refractivity contribution in [3.05, 3.63) is 93.2 Å². The Labute approximate surface area is 171 Å². The average molecular weight is 405 g/mol. The minimum atomic E-state index is -0.442. The Kier molecular flexibility index (Phi) is 5.34. The van der Waals surface area contributed by atoms with Crippen molar-refractivity contribution < 1.29 is 23.2 Å². The molecule has 0 aliphatic carbocycles. The number of carbonyl (C=O) groups excluding carboxylic acids is 1. The lowest BCUT2D eigenvalue weighted by atomic mass is 10.1. The quantitative estimate of drug-likeness (QED) is 0.348. The van der Waals surface area contributed by atoms with Crippen molar-refractivity contribution in [3.63, 3.8) is 0 Å². The highest BCUT2D eigenvalue weighted by molar-refractivity contribution is 5.89. The molecule has 2 heterocycles. The second-order valence-corrected chi connectivity index (χ2v) is 6.90. The molecule has 0 atom stereocenters. The van der Waals surface area contributed by atoms with E-state index in [1.54, 1.807) is 43.3 Å². The molecule has 0 saturated carbocycles. The number of carbonyl (C=O) groups is 1. The molecule has 0 bridgehead atoms. The van der Waals surface area contributed by atoms with Crippen LogP contribution < -0.4 is 10.4 Å². The summed E-state index contributed by atoms with van der Waals surface area (Å²) in [5, 5.41) is 4.65. The molecule has 0 aliphatic rings. The van der Waals surface area contributed by atoms with Crippen molar-refractivity contribution in [2.24, 2.45) is 0 Å². The third-order valence-corrected chi connectivity index (χ3v) is 4.55. The molecule has 2 aromatic heterocycles. The van der Waals surface area contributed by atoms with E-state index in [1.165, 1.54) is 6.07 Å². The highest BCUT2D eigenvalue weighted by Crippen LogP contribution is 2.23. The molecule has 4 aromatic rings. The first kappa shape index (κ1) is 19.4. The molecular formula is C23H19NO6. The lowest BCUT2D eigenvalue weighted by Crippen LogP contribution is -2.06. The van der Waals surface area contributed by atoms with Gasteiger partial charge in [-0.25, -0.2) is 9.59 Å². The second kappa shape index (κ2) is 8.24. The number of fused-ring (bicyclic) bond motifs is 1. The minimum Gasteiger partial charge on any atom is -0.489 e. The topological polar surface area (TPSA) is 91.8 Å². The van der Waals surface area contributed by atoms with Gasteiger partial charge in [0, 0.05) is 23.6 Å². The third kappa shape index (κ3) is 4.41.